The van der Waals surface area contributed by atoms with Crippen LogP contribution in [0.5, 0.6) is 23.0 Å². The molecule has 0 bridgehead atoms. The fourth-order valence-electron chi connectivity index (χ4n) is 2.24. The molecule has 1 heterocycles. The number of rotatable bonds is 5. The molecule has 9 heteroatoms. The van der Waals surface area contributed by atoms with Crippen molar-refractivity contribution in [3.05, 3.63) is 12.1 Å². The molecule has 0 saturated carbocycles. The lowest BCUT2D eigenvalue weighted by Gasteiger charge is -2.39. The van der Waals surface area contributed by atoms with Crippen molar-refractivity contribution in [3.8, 4) is 23.0 Å². The molecule has 1 aliphatic heterocycles. The minimum atomic E-state index is -1.55. The second-order valence-corrected chi connectivity index (χ2v) is 4.99. The van der Waals surface area contributed by atoms with Gasteiger partial charge in [-0.1, -0.05) is 0 Å². The second kappa shape index (κ2) is 7.20. The molecule has 1 aliphatic rings. The van der Waals surface area contributed by atoms with E-state index in [4.69, 9.17) is 24.1 Å². The zero-order chi connectivity index (χ0) is 17.1. The van der Waals surface area contributed by atoms with Crippen molar-refractivity contribution in [2.75, 3.05) is 20.8 Å². The number of aliphatic hydroxyl groups is 4. The van der Waals surface area contributed by atoms with Gasteiger partial charge in [0.05, 0.1) is 20.8 Å². The molecule has 9 nitrogen and oxygen atoms in total. The standard InChI is InChI=1S/C14H20O9/c1-20-7-3-6(4-8(21-2)10(7)16)22-14-13(19)12(18)11(17)9(5-15)23-14/h3-4,9,11-19H,5H2,1-2H3/t9-,11-,12+,13-,14-/m0/s1. The van der Waals surface area contributed by atoms with Crippen molar-refractivity contribution in [1.29, 1.82) is 0 Å². The van der Waals surface area contributed by atoms with Gasteiger partial charge in [-0.15, -0.1) is 0 Å². The molecule has 2 rings (SSSR count). The maximum Gasteiger partial charge on any atom is 0.229 e. The Balaban J connectivity index is 2.24. The van der Waals surface area contributed by atoms with E-state index in [1.54, 1.807) is 0 Å². The van der Waals surface area contributed by atoms with Gasteiger partial charge in [-0.25, -0.2) is 0 Å². The minimum Gasteiger partial charge on any atom is -0.502 e. The topological polar surface area (TPSA) is 138 Å². The zero-order valence-electron chi connectivity index (χ0n) is 12.6. The third-order valence-corrected chi connectivity index (χ3v) is 3.55. The average molecular weight is 332 g/mol. The fourth-order valence-corrected chi connectivity index (χ4v) is 2.24. The first-order chi connectivity index (χ1) is 10.9. The van der Waals surface area contributed by atoms with Crippen LogP contribution in [0.25, 0.3) is 0 Å². The van der Waals surface area contributed by atoms with Crippen molar-refractivity contribution in [2.45, 2.75) is 30.7 Å². The predicted octanol–water partition coefficient (Wildman–Crippen LogP) is -1.41. The second-order valence-electron chi connectivity index (χ2n) is 4.99. The molecular weight excluding hydrogens is 312 g/mol. The fraction of sp³-hybridized carbons (Fsp3) is 0.571. The summed E-state index contributed by atoms with van der Waals surface area (Å²) in [6.45, 7) is -0.562. The number of phenols is 1. The van der Waals surface area contributed by atoms with Crippen LogP contribution in [0.3, 0.4) is 0 Å². The van der Waals surface area contributed by atoms with Crippen molar-refractivity contribution in [1.82, 2.24) is 0 Å². The van der Waals surface area contributed by atoms with Gasteiger partial charge in [-0.05, 0) is 0 Å². The van der Waals surface area contributed by atoms with Crippen LogP contribution in [0.4, 0.5) is 0 Å². The Kier molecular flexibility index (Phi) is 5.50. The van der Waals surface area contributed by atoms with E-state index in [1.807, 2.05) is 0 Å². The van der Waals surface area contributed by atoms with E-state index in [9.17, 15) is 20.4 Å². The molecule has 23 heavy (non-hydrogen) atoms. The quantitative estimate of drug-likeness (QED) is 0.440. The summed E-state index contributed by atoms with van der Waals surface area (Å²) in [5, 5.41) is 48.4. The Morgan fingerprint density at radius 1 is 1.00 bits per heavy atom. The SMILES string of the molecule is COc1cc(O[C@H]2O[C@@H](CO)[C@H](O)[C@@H](O)[C@@H]2O)cc(OC)c1O. The highest BCUT2D eigenvalue weighted by atomic mass is 16.7. The normalized spacial score (nSPS) is 30.8. The molecule has 130 valence electrons. The summed E-state index contributed by atoms with van der Waals surface area (Å²) >= 11 is 0. The first kappa shape index (κ1) is 17.6. The van der Waals surface area contributed by atoms with Crippen LogP contribution in [0.2, 0.25) is 0 Å². The first-order valence-electron chi connectivity index (χ1n) is 6.85. The number of hydrogen-bond donors (Lipinski definition) is 5. The summed E-state index contributed by atoms with van der Waals surface area (Å²) in [6.07, 6.45) is -6.99. The van der Waals surface area contributed by atoms with Gasteiger partial charge in [0.25, 0.3) is 0 Å². The van der Waals surface area contributed by atoms with E-state index in [-0.39, 0.29) is 23.0 Å². The van der Waals surface area contributed by atoms with Gasteiger partial charge < -0.3 is 44.5 Å². The van der Waals surface area contributed by atoms with Crippen molar-refractivity contribution < 1.29 is 44.5 Å². The van der Waals surface area contributed by atoms with E-state index < -0.39 is 37.3 Å². The van der Waals surface area contributed by atoms with Crippen LogP contribution < -0.4 is 14.2 Å². The van der Waals surface area contributed by atoms with Crippen molar-refractivity contribution in [3.63, 3.8) is 0 Å². The number of aliphatic hydroxyl groups excluding tert-OH is 4. The Morgan fingerprint density at radius 3 is 2.04 bits per heavy atom. The number of phenolic OH excluding ortho intramolecular Hbond substituents is 1. The van der Waals surface area contributed by atoms with E-state index >= 15 is 0 Å². The molecular formula is C14H20O9. The zero-order valence-corrected chi connectivity index (χ0v) is 12.6. The number of benzene rings is 1. The van der Waals surface area contributed by atoms with Gasteiger partial charge in [0.15, 0.2) is 11.5 Å². The average Bonchev–Trinajstić information content (AvgIpc) is 2.56. The van der Waals surface area contributed by atoms with E-state index in [0.717, 1.165) is 0 Å². The molecule has 0 aliphatic carbocycles. The Hall–Kier alpha value is -1.78. The molecule has 0 spiro atoms. The molecule has 5 N–H and O–H groups in total. The highest BCUT2D eigenvalue weighted by Crippen LogP contribution is 2.40. The molecule has 1 saturated heterocycles. The molecule has 0 aromatic heterocycles. The third-order valence-electron chi connectivity index (χ3n) is 3.55. The molecule has 5 atom stereocenters. The predicted molar refractivity (Wildman–Crippen MR) is 75.6 cm³/mol. The molecule has 0 amide bonds. The van der Waals surface area contributed by atoms with Crippen LogP contribution in [0.1, 0.15) is 0 Å². The van der Waals surface area contributed by atoms with Gasteiger partial charge in [0.1, 0.15) is 30.2 Å². The minimum absolute atomic E-state index is 0.0731. The summed E-state index contributed by atoms with van der Waals surface area (Å²) in [7, 11) is 2.68. The Labute approximate surface area is 132 Å². The summed E-state index contributed by atoms with van der Waals surface area (Å²) in [5.41, 5.74) is 0. The van der Waals surface area contributed by atoms with Gasteiger partial charge >= 0.3 is 0 Å². The van der Waals surface area contributed by atoms with Crippen molar-refractivity contribution >= 4 is 0 Å². The lowest BCUT2D eigenvalue weighted by Crippen LogP contribution is -2.60. The largest absolute Gasteiger partial charge is 0.502 e. The summed E-state index contributed by atoms with van der Waals surface area (Å²) in [6, 6.07) is 2.67. The van der Waals surface area contributed by atoms with Crippen LogP contribution in [0, 0.1) is 0 Å². The van der Waals surface area contributed by atoms with E-state index in [0.29, 0.717) is 0 Å². The summed E-state index contributed by atoms with van der Waals surface area (Å²) in [5.74, 6) is 0.0462. The number of ether oxygens (including phenoxy) is 4. The molecule has 1 aromatic rings. The van der Waals surface area contributed by atoms with Gasteiger partial charge in [0.2, 0.25) is 12.0 Å². The van der Waals surface area contributed by atoms with Gasteiger partial charge in [-0.3, -0.25) is 0 Å². The van der Waals surface area contributed by atoms with E-state index in [2.05, 4.69) is 0 Å². The van der Waals surface area contributed by atoms with Gasteiger partial charge in [0, 0.05) is 12.1 Å². The Bertz CT molecular complexity index is 508. The molecule has 1 aromatic carbocycles. The molecule has 1 fully saturated rings. The molecule has 0 unspecified atom stereocenters. The van der Waals surface area contributed by atoms with Crippen LogP contribution in [0.15, 0.2) is 12.1 Å². The maximum absolute atomic E-state index is 9.94. The number of aromatic hydroxyl groups is 1. The van der Waals surface area contributed by atoms with Crippen LogP contribution >= 0.6 is 0 Å². The van der Waals surface area contributed by atoms with Crippen molar-refractivity contribution in [2.24, 2.45) is 0 Å². The lowest BCUT2D eigenvalue weighted by molar-refractivity contribution is -0.277. The first-order valence-corrected chi connectivity index (χ1v) is 6.85. The summed E-state index contributed by atoms with van der Waals surface area (Å²) < 4.78 is 20.6. The third kappa shape index (κ3) is 3.43. The number of hydrogen-bond acceptors (Lipinski definition) is 9. The monoisotopic (exact) mass is 332 g/mol. The maximum atomic E-state index is 9.94. The number of methoxy groups -OCH3 is 2. The summed E-state index contributed by atoms with van der Waals surface area (Å²) in [4.78, 5) is 0. The lowest BCUT2D eigenvalue weighted by atomic mass is 9.99. The highest BCUT2D eigenvalue weighted by molar-refractivity contribution is 5.54. The van der Waals surface area contributed by atoms with Crippen LogP contribution in [-0.2, 0) is 4.74 Å². The highest BCUT2D eigenvalue weighted by Gasteiger charge is 2.44. The van der Waals surface area contributed by atoms with E-state index in [1.165, 1.54) is 26.4 Å². The van der Waals surface area contributed by atoms with Crippen LogP contribution in [-0.4, -0.2) is 77.1 Å². The van der Waals surface area contributed by atoms with Gasteiger partial charge in [-0.2, -0.15) is 0 Å². The smallest absolute Gasteiger partial charge is 0.229 e. The molecule has 0 radical (unpaired) electrons. The Morgan fingerprint density at radius 2 is 1.57 bits per heavy atom.